The normalized spacial score (nSPS) is 19.9. The highest BCUT2D eigenvalue weighted by molar-refractivity contribution is 7.86. The Morgan fingerprint density at radius 1 is 0.978 bits per heavy atom. The maximum atomic E-state index is 11.8. The van der Waals surface area contributed by atoms with Crippen LogP contribution in [0.1, 0.15) is 51.7 Å². The standard InChI is InChI=1S/C31H38N2O9S3/c1-5-16-33-29-15-13-26(45(40,41)42)21-27(29)31(4,22(2)3)30(33)11-8-6-7-10-24-19-23-20-25(44(37,38)39)12-14-28(23)32(24)17-9-18-43(34,35)36/h6-8,10-15,20-22H,5,9,16-19H2,1-4H3,(H2-,34,35,36,37,38,39,40,41,42)/p-1. The van der Waals surface area contributed by atoms with Gasteiger partial charge in [-0.15, -0.1) is 0 Å². The minimum atomic E-state index is -4.66. The average Bonchev–Trinajstić information content (AvgIpc) is 3.39. The monoisotopic (exact) mass is 677 g/mol. The van der Waals surface area contributed by atoms with Gasteiger partial charge in [-0.2, -0.15) is 13.0 Å². The molecule has 2 aliphatic rings. The van der Waals surface area contributed by atoms with Gasteiger partial charge in [-0.25, -0.2) is 16.8 Å². The van der Waals surface area contributed by atoms with Crippen LogP contribution < -0.4 is 4.90 Å². The number of hydrogen-bond acceptors (Lipinski definition) is 9. The molecule has 244 valence electrons. The Morgan fingerprint density at radius 3 is 2.22 bits per heavy atom. The molecule has 0 fully saturated rings. The van der Waals surface area contributed by atoms with Gasteiger partial charge < -0.3 is 14.0 Å². The second-order valence-corrected chi connectivity index (χ2v) is 16.0. The molecular formula is C31H37N2O9S3-. The summed E-state index contributed by atoms with van der Waals surface area (Å²) in [5.74, 6) is -0.381. The largest absolute Gasteiger partial charge is 0.744 e. The Balaban J connectivity index is 1.66. The summed E-state index contributed by atoms with van der Waals surface area (Å²) in [6.45, 7) is 9.10. The minimum Gasteiger partial charge on any atom is -0.744 e. The highest BCUT2D eigenvalue weighted by Gasteiger charge is 2.49. The highest BCUT2D eigenvalue weighted by atomic mass is 32.2. The van der Waals surface area contributed by atoms with E-state index in [2.05, 4.69) is 4.58 Å². The lowest BCUT2D eigenvalue weighted by Crippen LogP contribution is -2.36. The first-order chi connectivity index (χ1) is 20.9. The molecule has 0 saturated carbocycles. The number of anilines is 1. The second kappa shape index (κ2) is 12.9. The van der Waals surface area contributed by atoms with Crippen molar-refractivity contribution in [2.24, 2.45) is 5.92 Å². The summed E-state index contributed by atoms with van der Waals surface area (Å²) in [5, 5.41) is 0. The zero-order chi connectivity index (χ0) is 33.4. The molecule has 0 amide bonds. The highest BCUT2D eigenvalue weighted by Crippen LogP contribution is 2.46. The van der Waals surface area contributed by atoms with Crippen LogP contribution in [-0.2, 0) is 42.2 Å². The topological polar surface area (TPSA) is 175 Å². The van der Waals surface area contributed by atoms with Crippen molar-refractivity contribution >= 4 is 47.4 Å². The van der Waals surface area contributed by atoms with Gasteiger partial charge >= 0.3 is 0 Å². The summed E-state index contributed by atoms with van der Waals surface area (Å²) >= 11 is 0. The zero-order valence-electron chi connectivity index (χ0n) is 25.5. The molecule has 0 bridgehead atoms. The smallest absolute Gasteiger partial charge is 0.264 e. The van der Waals surface area contributed by atoms with Gasteiger partial charge in [-0.1, -0.05) is 39.0 Å². The first-order valence-corrected chi connectivity index (χ1v) is 18.9. The van der Waals surface area contributed by atoms with Crippen molar-refractivity contribution in [3.63, 3.8) is 0 Å². The fourth-order valence-corrected chi connectivity index (χ4v) is 7.48. The van der Waals surface area contributed by atoms with Crippen LogP contribution in [-0.4, -0.2) is 68.0 Å². The summed E-state index contributed by atoms with van der Waals surface area (Å²) in [5.41, 5.74) is 4.01. The van der Waals surface area contributed by atoms with E-state index in [4.69, 9.17) is 0 Å². The molecule has 2 aromatic carbocycles. The van der Waals surface area contributed by atoms with E-state index in [0.717, 1.165) is 29.1 Å². The lowest BCUT2D eigenvalue weighted by Gasteiger charge is -2.27. The van der Waals surface area contributed by atoms with Crippen molar-refractivity contribution in [1.29, 1.82) is 0 Å². The van der Waals surface area contributed by atoms with Crippen molar-refractivity contribution in [2.75, 3.05) is 23.7 Å². The van der Waals surface area contributed by atoms with Crippen molar-refractivity contribution < 1.29 is 43.5 Å². The van der Waals surface area contributed by atoms with Gasteiger partial charge in [0.15, 0.2) is 5.71 Å². The molecule has 0 saturated heterocycles. The van der Waals surface area contributed by atoms with Crippen LogP contribution in [0.3, 0.4) is 0 Å². The number of nitrogens with zero attached hydrogens (tertiary/aromatic N) is 2. The number of allylic oxidation sites excluding steroid dienone is 6. The van der Waals surface area contributed by atoms with Crippen LogP contribution in [0.2, 0.25) is 0 Å². The molecule has 11 nitrogen and oxygen atoms in total. The second-order valence-electron chi connectivity index (χ2n) is 11.6. The quantitative estimate of drug-likeness (QED) is 0.194. The van der Waals surface area contributed by atoms with E-state index >= 15 is 0 Å². The third-order valence-corrected chi connectivity index (χ3v) is 10.9. The molecule has 1 unspecified atom stereocenters. The molecule has 2 aromatic rings. The molecular weight excluding hydrogens is 641 g/mol. The molecule has 2 aliphatic heterocycles. The molecule has 45 heavy (non-hydrogen) atoms. The van der Waals surface area contributed by atoms with Crippen molar-refractivity contribution in [1.82, 2.24) is 0 Å². The van der Waals surface area contributed by atoms with Crippen LogP contribution in [0, 0.1) is 5.92 Å². The van der Waals surface area contributed by atoms with E-state index in [9.17, 15) is 38.9 Å². The summed E-state index contributed by atoms with van der Waals surface area (Å²) < 4.78 is 104. The Hall–Kier alpha value is -3.14. The Bertz CT molecular complexity index is 1940. The SMILES string of the molecule is CCC[N+]1=C(/C=C/C=C/C=C2\Cc3cc(S(=O)(=O)[O-])ccc3N2CCCS(=O)(=O)O)C(C)(C(C)C)c2cc(S(=O)(=O)[O-])ccc21. The first kappa shape index (κ1) is 34.7. The van der Waals surface area contributed by atoms with Gasteiger partial charge in [0.25, 0.3) is 10.1 Å². The van der Waals surface area contributed by atoms with Crippen LogP contribution >= 0.6 is 0 Å². The van der Waals surface area contributed by atoms with E-state index in [1.165, 1.54) is 30.3 Å². The Morgan fingerprint density at radius 2 is 1.62 bits per heavy atom. The average molecular weight is 678 g/mol. The molecule has 0 spiro atoms. The third kappa shape index (κ3) is 7.47. The predicted molar refractivity (Wildman–Crippen MR) is 170 cm³/mol. The van der Waals surface area contributed by atoms with Gasteiger partial charge in [0.2, 0.25) is 5.69 Å². The maximum absolute atomic E-state index is 11.8. The molecule has 0 aromatic heterocycles. The number of benzene rings is 2. The molecule has 14 heteroatoms. The number of hydrogen-bond donors (Lipinski definition) is 1. The van der Waals surface area contributed by atoms with Crippen LogP contribution in [0.4, 0.5) is 11.4 Å². The van der Waals surface area contributed by atoms with Gasteiger partial charge in [0.05, 0.1) is 21.0 Å². The van der Waals surface area contributed by atoms with Gasteiger partial charge in [0.1, 0.15) is 26.8 Å². The third-order valence-electron chi connectivity index (χ3n) is 8.43. The van der Waals surface area contributed by atoms with Crippen molar-refractivity contribution in [3.8, 4) is 0 Å². The van der Waals surface area contributed by atoms with Gasteiger partial charge in [-0.3, -0.25) is 4.55 Å². The maximum Gasteiger partial charge on any atom is 0.264 e. The molecule has 2 heterocycles. The summed E-state index contributed by atoms with van der Waals surface area (Å²) in [6, 6.07) is 8.59. The van der Waals surface area contributed by atoms with Crippen LogP contribution in [0.5, 0.6) is 0 Å². The Labute approximate surface area is 265 Å². The first-order valence-electron chi connectivity index (χ1n) is 14.5. The van der Waals surface area contributed by atoms with E-state index in [1.54, 1.807) is 12.1 Å². The Kier molecular flexibility index (Phi) is 9.98. The van der Waals surface area contributed by atoms with E-state index in [-0.39, 0.29) is 28.7 Å². The summed E-state index contributed by atoms with van der Waals surface area (Å²) in [7, 11) is -13.5. The zero-order valence-corrected chi connectivity index (χ0v) is 28.0. The van der Waals surface area contributed by atoms with E-state index in [0.29, 0.717) is 24.2 Å². The summed E-state index contributed by atoms with van der Waals surface area (Å²) in [6.07, 6.45) is 10.5. The fraction of sp³-hybridized carbons (Fsp3) is 0.387. The van der Waals surface area contributed by atoms with Crippen molar-refractivity contribution in [3.05, 3.63) is 83.6 Å². The van der Waals surface area contributed by atoms with E-state index in [1.807, 2.05) is 56.9 Å². The molecule has 0 aliphatic carbocycles. The molecule has 1 atom stereocenters. The molecule has 0 radical (unpaired) electrons. The van der Waals surface area contributed by atoms with E-state index < -0.39 is 41.5 Å². The van der Waals surface area contributed by atoms with Crippen LogP contribution in [0.15, 0.2) is 82.3 Å². The predicted octanol–water partition coefficient (Wildman–Crippen LogP) is 4.25. The number of fused-ring (bicyclic) bond motifs is 2. The fourth-order valence-electron chi connectivity index (χ4n) is 5.97. The summed E-state index contributed by atoms with van der Waals surface area (Å²) in [4.78, 5) is 1.22. The lowest BCUT2D eigenvalue weighted by molar-refractivity contribution is -0.437. The van der Waals surface area contributed by atoms with Crippen LogP contribution in [0.25, 0.3) is 0 Å². The van der Waals surface area contributed by atoms with Gasteiger partial charge in [-0.05, 0) is 61.2 Å². The number of rotatable bonds is 12. The van der Waals surface area contributed by atoms with Gasteiger partial charge in [0, 0.05) is 48.5 Å². The molecule has 1 N–H and O–H groups in total. The minimum absolute atomic E-state index is 0.0598. The molecule has 4 rings (SSSR count). The van der Waals surface area contributed by atoms with Crippen molar-refractivity contribution in [2.45, 2.75) is 62.2 Å². The lowest BCUT2D eigenvalue weighted by atomic mass is 9.71.